The zero-order valence-corrected chi connectivity index (χ0v) is 9.72. The molecule has 0 aliphatic carbocycles. The topological polar surface area (TPSA) is 75.0 Å². The van der Waals surface area contributed by atoms with Crippen LogP contribution in [0.15, 0.2) is 48.5 Å². The summed E-state index contributed by atoms with van der Waals surface area (Å²) in [6, 6.07) is 13.6. The van der Waals surface area contributed by atoms with Gasteiger partial charge in [-0.3, -0.25) is 9.90 Å². The lowest BCUT2D eigenvalue weighted by Crippen LogP contribution is -2.22. The third-order valence-electron chi connectivity index (χ3n) is 2.49. The second kappa shape index (κ2) is 5.23. The van der Waals surface area contributed by atoms with Gasteiger partial charge in [-0.25, -0.2) is 0 Å². The van der Waals surface area contributed by atoms with Crippen molar-refractivity contribution < 1.29 is 9.90 Å². The van der Waals surface area contributed by atoms with Crippen LogP contribution in [0.2, 0.25) is 0 Å². The Morgan fingerprint density at radius 2 is 1.83 bits per heavy atom. The van der Waals surface area contributed by atoms with Gasteiger partial charge in [0.05, 0.1) is 0 Å². The summed E-state index contributed by atoms with van der Waals surface area (Å²) in [4.78, 5) is 11.8. The number of benzene rings is 2. The van der Waals surface area contributed by atoms with Gasteiger partial charge in [0, 0.05) is 23.9 Å². The normalized spacial score (nSPS) is 10.0. The average molecular weight is 241 g/mol. The van der Waals surface area contributed by atoms with Gasteiger partial charge >= 0.3 is 0 Å². The number of carbonyl (C=O) groups is 1. The number of nitrogens with one attached hydrogen (secondary N) is 1. The fraction of sp³-hybridized carbons (Fsp3) is 0.0714. The number of nitrogen functional groups attached to an aromatic ring is 1. The van der Waals surface area contributed by atoms with E-state index in [-0.39, 0.29) is 17.2 Å². The first-order valence-electron chi connectivity index (χ1n) is 5.55. The van der Waals surface area contributed by atoms with E-state index in [1.54, 1.807) is 0 Å². The van der Waals surface area contributed by atoms with Gasteiger partial charge in [0.15, 0.2) is 5.75 Å². The van der Waals surface area contributed by atoms with Crippen LogP contribution >= 0.6 is 0 Å². The van der Waals surface area contributed by atoms with E-state index in [2.05, 4.69) is 5.32 Å². The number of rotatable bonds is 3. The van der Waals surface area contributed by atoms with Crippen LogP contribution in [0, 0.1) is 0 Å². The summed E-state index contributed by atoms with van der Waals surface area (Å²) in [5.41, 5.74) is 7.11. The Labute approximate surface area is 105 Å². The zero-order valence-electron chi connectivity index (χ0n) is 9.72. The molecule has 4 nitrogen and oxygen atoms in total. The predicted octanol–water partition coefficient (Wildman–Crippen LogP) is 2.34. The van der Waals surface area contributed by atoms with Gasteiger partial charge in [-0.1, -0.05) is 30.3 Å². The monoisotopic (exact) mass is 241 g/mol. The molecule has 0 atom stereocenters. The Morgan fingerprint density at radius 1 is 1.11 bits per heavy atom. The van der Waals surface area contributed by atoms with E-state index in [1.165, 1.54) is 18.2 Å². The van der Waals surface area contributed by atoms with Gasteiger partial charge in [0.25, 0.3) is 5.91 Å². The average Bonchev–Trinajstić information content (AvgIpc) is 2.36. The van der Waals surface area contributed by atoms with Crippen molar-refractivity contribution >= 4 is 11.6 Å². The quantitative estimate of drug-likeness (QED) is 0.809. The second-order valence-corrected chi connectivity index (χ2v) is 3.96. The molecule has 91 valence electrons. The van der Waals surface area contributed by atoms with Crippen molar-refractivity contribution in [1.29, 1.82) is 0 Å². The molecule has 0 fully saturated rings. The highest BCUT2D eigenvalue weighted by atomic mass is 16.3. The molecular weight excluding hydrogens is 228 g/mol. The van der Waals surface area contributed by atoms with Crippen LogP contribution in [-0.2, 0) is 11.7 Å². The Balaban J connectivity index is 2.04. The lowest BCUT2D eigenvalue weighted by atomic mass is 10.1. The fourth-order valence-corrected chi connectivity index (χ4v) is 1.63. The predicted molar refractivity (Wildman–Crippen MR) is 68.6 cm³/mol. The summed E-state index contributed by atoms with van der Waals surface area (Å²) in [5, 5.41) is 14.0. The Morgan fingerprint density at radius 3 is 2.50 bits per heavy atom. The van der Waals surface area contributed by atoms with Crippen molar-refractivity contribution in [3.8, 4) is 5.75 Å². The third-order valence-corrected chi connectivity index (χ3v) is 2.49. The first kappa shape index (κ1) is 12.0. The van der Waals surface area contributed by atoms with E-state index in [1.807, 2.05) is 30.3 Å². The van der Waals surface area contributed by atoms with E-state index in [4.69, 9.17) is 5.73 Å². The minimum Gasteiger partial charge on any atom is -0.399 e. The summed E-state index contributed by atoms with van der Waals surface area (Å²) >= 11 is 0. The molecule has 0 unspecified atom stereocenters. The maximum absolute atomic E-state index is 11.8. The lowest BCUT2D eigenvalue weighted by molar-refractivity contribution is 0.0950. The minimum atomic E-state index is -0.303. The fourth-order valence-electron chi connectivity index (χ4n) is 1.63. The van der Waals surface area contributed by atoms with E-state index in [0.717, 1.165) is 5.56 Å². The van der Waals surface area contributed by atoms with E-state index < -0.39 is 0 Å². The van der Waals surface area contributed by atoms with Gasteiger partial charge in [0.1, 0.15) is 0 Å². The van der Waals surface area contributed by atoms with Crippen molar-refractivity contribution in [2.24, 2.45) is 0 Å². The lowest BCUT2D eigenvalue weighted by Gasteiger charge is -2.06. The van der Waals surface area contributed by atoms with Crippen molar-refractivity contribution in [3.63, 3.8) is 0 Å². The number of carbonyl (C=O) groups excluding carboxylic acids is 1. The highest BCUT2D eigenvalue weighted by Gasteiger charge is 2.08. The summed E-state index contributed by atoms with van der Waals surface area (Å²) in [5.74, 6) is -0.567. The van der Waals surface area contributed by atoms with Gasteiger partial charge in [-0.2, -0.15) is 0 Å². The zero-order chi connectivity index (χ0) is 13.0. The molecule has 2 rings (SSSR count). The van der Waals surface area contributed by atoms with E-state index >= 15 is 0 Å². The molecule has 2 aromatic carbocycles. The molecule has 4 heteroatoms. The minimum absolute atomic E-state index is 0.264. The Bertz CT molecular complexity index is 533. The summed E-state index contributed by atoms with van der Waals surface area (Å²) in [7, 11) is 0. The SMILES string of the molecule is Nc1cc([O])cc(C(=O)NCc2ccccc2)c1. The van der Waals surface area contributed by atoms with Crippen LogP contribution in [0.1, 0.15) is 15.9 Å². The molecule has 2 aromatic rings. The van der Waals surface area contributed by atoms with Crippen molar-refractivity contribution in [1.82, 2.24) is 5.32 Å². The Kier molecular flexibility index (Phi) is 3.48. The second-order valence-electron chi connectivity index (χ2n) is 3.96. The van der Waals surface area contributed by atoms with Gasteiger partial charge in [-0.15, -0.1) is 0 Å². The molecule has 1 radical (unpaired) electrons. The summed E-state index contributed by atoms with van der Waals surface area (Å²) in [6.07, 6.45) is 0. The molecule has 1 amide bonds. The smallest absolute Gasteiger partial charge is 0.251 e. The third kappa shape index (κ3) is 3.01. The van der Waals surface area contributed by atoms with Crippen LogP contribution < -0.4 is 11.1 Å². The van der Waals surface area contributed by atoms with Crippen LogP contribution in [0.4, 0.5) is 5.69 Å². The number of hydrogen-bond acceptors (Lipinski definition) is 2. The Hall–Kier alpha value is -2.49. The van der Waals surface area contributed by atoms with Crippen LogP contribution in [0.25, 0.3) is 0 Å². The van der Waals surface area contributed by atoms with Crippen molar-refractivity contribution in [3.05, 3.63) is 59.7 Å². The van der Waals surface area contributed by atoms with E-state index in [0.29, 0.717) is 12.2 Å². The molecule has 0 spiro atoms. The largest absolute Gasteiger partial charge is 0.399 e. The molecule has 0 saturated heterocycles. The molecule has 0 aliphatic heterocycles. The summed E-state index contributed by atoms with van der Waals surface area (Å²) in [6.45, 7) is 0.419. The van der Waals surface area contributed by atoms with Crippen LogP contribution in [-0.4, -0.2) is 5.91 Å². The maximum Gasteiger partial charge on any atom is 0.251 e. The molecule has 0 heterocycles. The number of anilines is 1. The number of amides is 1. The molecule has 18 heavy (non-hydrogen) atoms. The first-order valence-corrected chi connectivity index (χ1v) is 5.55. The molecule has 3 N–H and O–H groups in total. The van der Waals surface area contributed by atoms with Crippen molar-refractivity contribution in [2.75, 3.05) is 5.73 Å². The maximum atomic E-state index is 11.8. The molecule has 0 aliphatic rings. The molecule has 0 bridgehead atoms. The standard InChI is InChI=1S/C14H13N2O2/c15-12-6-11(7-13(17)8-12)14(18)16-9-10-4-2-1-3-5-10/h1-8H,9,15H2,(H,16,18). The first-order chi connectivity index (χ1) is 8.65. The highest BCUT2D eigenvalue weighted by molar-refractivity contribution is 5.95. The summed E-state index contributed by atoms with van der Waals surface area (Å²) < 4.78 is 0. The van der Waals surface area contributed by atoms with Crippen LogP contribution in [0.3, 0.4) is 0 Å². The van der Waals surface area contributed by atoms with Gasteiger partial charge < -0.3 is 11.1 Å². The van der Waals surface area contributed by atoms with Gasteiger partial charge in [-0.05, 0) is 17.7 Å². The van der Waals surface area contributed by atoms with Crippen LogP contribution in [0.5, 0.6) is 5.75 Å². The molecule has 0 aromatic heterocycles. The van der Waals surface area contributed by atoms with Crippen molar-refractivity contribution in [2.45, 2.75) is 6.54 Å². The van der Waals surface area contributed by atoms with Gasteiger partial charge in [0.2, 0.25) is 0 Å². The number of hydrogen-bond donors (Lipinski definition) is 2. The van der Waals surface area contributed by atoms with E-state index in [9.17, 15) is 9.90 Å². The number of nitrogens with two attached hydrogens (primary N) is 1. The molecular formula is C14H13N2O2. The molecule has 0 saturated carbocycles. The highest BCUT2D eigenvalue weighted by Crippen LogP contribution is 2.17.